The number of nitrogens with zero attached hydrogens (tertiary/aromatic N) is 1. The number of aliphatic hydroxyl groups is 1. The molecule has 0 spiro atoms. The lowest BCUT2D eigenvalue weighted by Crippen LogP contribution is -2.35. The van der Waals surface area contributed by atoms with Crippen LogP contribution in [-0.2, 0) is 21.4 Å². The van der Waals surface area contributed by atoms with E-state index < -0.39 is 10.0 Å². The molecule has 0 bridgehead atoms. The second-order valence-corrected chi connectivity index (χ2v) is 7.17. The molecule has 0 saturated carbocycles. The van der Waals surface area contributed by atoms with Crippen LogP contribution >= 0.6 is 0 Å². The molecular formula is C13H21NO5S. The van der Waals surface area contributed by atoms with Gasteiger partial charge in [0.2, 0.25) is 10.0 Å². The highest BCUT2D eigenvalue weighted by Crippen LogP contribution is 2.24. The first-order chi connectivity index (χ1) is 9.45. The lowest BCUT2D eigenvalue weighted by Gasteiger charge is -2.26. The van der Waals surface area contributed by atoms with Crippen LogP contribution in [0.15, 0.2) is 15.4 Å². The van der Waals surface area contributed by atoms with E-state index in [1.54, 1.807) is 14.0 Å². The van der Waals surface area contributed by atoms with Crippen LogP contribution in [0, 0.1) is 12.8 Å². The Morgan fingerprint density at radius 1 is 1.50 bits per heavy atom. The molecule has 7 heteroatoms. The summed E-state index contributed by atoms with van der Waals surface area (Å²) in [5, 5.41) is 9.02. The van der Waals surface area contributed by atoms with Gasteiger partial charge >= 0.3 is 0 Å². The molecule has 6 nitrogen and oxygen atoms in total. The first kappa shape index (κ1) is 15.5. The second-order valence-electron chi connectivity index (χ2n) is 5.16. The van der Waals surface area contributed by atoms with E-state index in [1.807, 2.05) is 0 Å². The van der Waals surface area contributed by atoms with E-state index in [0.29, 0.717) is 18.9 Å². The van der Waals surface area contributed by atoms with Gasteiger partial charge in [-0.1, -0.05) is 0 Å². The summed E-state index contributed by atoms with van der Waals surface area (Å²) in [5.41, 5.74) is 0. The van der Waals surface area contributed by atoms with E-state index in [-0.39, 0.29) is 23.2 Å². The number of hydrogen-bond acceptors (Lipinski definition) is 5. The van der Waals surface area contributed by atoms with Crippen molar-refractivity contribution < 1.29 is 22.7 Å². The summed E-state index contributed by atoms with van der Waals surface area (Å²) < 4.78 is 36.9. The molecule has 114 valence electrons. The van der Waals surface area contributed by atoms with Gasteiger partial charge in [-0.2, -0.15) is 0 Å². The van der Waals surface area contributed by atoms with Crippen molar-refractivity contribution >= 4 is 10.0 Å². The number of ether oxygens (including phenoxy) is 1. The van der Waals surface area contributed by atoms with Gasteiger partial charge in [-0.3, -0.25) is 0 Å². The highest BCUT2D eigenvalue weighted by atomic mass is 32.2. The minimum absolute atomic E-state index is 0.126. The fourth-order valence-corrected chi connectivity index (χ4v) is 3.87. The quantitative estimate of drug-likeness (QED) is 0.882. The minimum atomic E-state index is -3.59. The largest absolute Gasteiger partial charge is 0.462 e. The molecule has 0 amide bonds. The van der Waals surface area contributed by atoms with Crippen molar-refractivity contribution in [2.75, 3.05) is 26.8 Å². The van der Waals surface area contributed by atoms with Gasteiger partial charge in [-0.05, 0) is 25.7 Å². The van der Waals surface area contributed by atoms with Gasteiger partial charge in [0.1, 0.15) is 23.0 Å². The molecule has 2 heterocycles. The predicted octanol–water partition coefficient (Wildman–Crippen LogP) is 1.13. The molecule has 2 rings (SSSR count). The van der Waals surface area contributed by atoms with E-state index in [4.69, 9.17) is 14.3 Å². The normalized spacial score (nSPS) is 20.5. The Morgan fingerprint density at radius 2 is 2.25 bits per heavy atom. The highest BCUT2D eigenvalue weighted by Gasteiger charge is 2.28. The highest BCUT2D eigenvalue weighted by molar-refractivity contribution is 7.89. The Kier molecular flexibility index (Phi) is 4.85. The summed E-state index contributed by atoms with van der Waals surface area (Å²) >= 11 is 0. The number of aliphatic hydroxyl groups excluding tert-OH is 1. The molecular weight excluding hydrogens is 282 g/mol. The Hall–Kier alpha value is -0.890. The number of aryl methyl sites for hydroxylation is 1. The molecule has 1 aliphatic rings. The van der Waals surface area contributed by atoms with E-state index >= 15 is 0 Å². The molecule has 1 atom stereocenters. The van der Waals surface area contributed by atoms with Crippen molar-refractivity contribution in [2.24, 2.45) is 5.92 Å². The Morgan fingerprint density at radius 3 is 2.80 bits per heavy atom. The maximum absolute atomic E-state index is 12.5. The van der Waals surface area contributed by atoms with Crippen LogP contribution in [0.2, 0.25) is 0 Å². The molecule has 1 aromatic heterocycles. The molecule has 1 aliphatic heterocycles. The number of sulfonamides is 1. The fraction of sp³-hybridized carbons (Fsp3) is 0.692. The molecule has 1 N–H and O–H groups in total. The van der Waals surface area contributed by atoms with Crippen LogP contribution in [0.5, 0.6) is 0 Å². The molecule has 0 radical (unpaired) electrons. The average molecular weight is 303 g/mol. The third-order valence-electron chi connectivity index (χ3n) is 3.54. The smallest absolute Gasteiger partial charge is 0.246 e. The standard InChI is InChI=1S/C13H21NO5S/c1-10-13(6-12(8-15)19-10)20(16,17)14(2)7-11-4-3-5-18-9-11/h6,11,15H,3-5,7-9H2,1-2H3. The van der Waals surface area contributed by atoms with Crippen molar-refractivity contribution in [3.63, 3.8) is 0 Å². The molecule has 0 aliphatic carbocycles. The third kappa shape index (κ3) is 3.22. The maximum Gasteiger partial charge on any atom is 0.246 e. The molecule has 0 aromatic carbocycles. The Bertz CT molecular complexity index is 545. The van der Waals surface area contributed by atoms with Crippen LogP contribution in [0.1, 0.15) is 24.4 Å². The lowest BCUT2D eigenvalue weighted by atomic mass is 10.0. The van der Waals surface area contributed by atoms with E-state index in [1.165, 1.54) is 10.4 Å². The zero-order chi connectivity index (χ0) is 14.8. The first-order valence-corrected chi connectivity index (χ1v) is 8.13. The van der Waals surface area contributed by atoms with Crippen molar-refractivity contribution in [3.05, 3.63) is 17.6 Å². The van der Waals surface area contributed by atoms with Gasteiger partial charge in [-0.15, -0.1) is 0 Å². The number of rotatable bonds is 5. The number of hydrogen-bond donors (Lipinski definition) is 1. The zero-order valence-corrected chi connectivity index (χ0v) is 12.6. The zero-order valence-electron chi connectivity index (χ0n) is 11.8. The van der Waals surface area contributed by atoms with Gasteiger partial charge in [0.25, 0.3) is 0 Å². The summed E-state index contributed by atoms with van der Waals surface area (Å²) in [7, 11) is -2.02. The van der Waals surface area contributed by atoms with Gasteiger partial charge in [-0.25, -0.2) is 12.7 Å². The van der Waals surface area contributed by atoms with Gasteiger partial charge in [0.05, 0.1) is 6.61 Å². The Labute approximate surface area is 119 Å². The number of furan rings is 1. The van der Waals surface area contributed by atoms with Crippen LogP contribution in [0.3, 0.4) is 0 Å². The van der Waals surface area contributed by atoms with Crippen LogP contribution < -0.4 is 0 Å². The van der Waals surface area contributed by atoms with E-state index in [2.05, 4.69) is 0 Å². The SMILES string of the molecule is Cc1oc(CO)cc1S(=O)(=O)N(C)CC1CCCOC1. The van der Waals surface area contributed by atoms with Crippen molar-refractivity contribution in [1.29, 1.82) is 0 Å². The predicted molar refractivity (Wildman–Crippen MR) is 72.7 cm³/mol. The summed E-state index contributed by atoms with van der Waals surface area (Å²) in [6.07, 6.45) is 1.95. The molecule has 1 aromatic rings. The topological polar surface area (TPSA) is 80.0 Å². The van der Waals surface area contributed by atoms with E-state index in [9.17, 15) is 8.42 Å². The summed E-state index contributed by atoms with van der Waals surface area (Å²) in [6, 6.07) is 1.39. The maximum atomic E-state index is 12.5. The van der Waals surface area contributed by atoms with Crippen molar-refractivity contribution in [2.45, 2.75) is 31.3 Å². The van der Waals surface area contributed by atoms with Crippen LogP contribution in [0.25, 0.3) is 0 Å². The van der Waals surface area contributed by atoms with E-state index in [0.717, 1.165) is 19.4 Å². The van der Waals surface area contributed by atoms with Gasteiger partial charge < -0.3 is 14.3 Å². The first-order valence-electron chi connectivity index (χ1n) is 6.69. The van der Waals surface area contributed by atoms with Gasteiger partial charge in [0.15, 0.2) is 0 Å². The van der Waals surface area contributed by atoms with Gasteiger partial charge in [0, 0.05) is 26.3 Å². The fourth-order valence-electron chi connectivity index (χ4n) is 2.44. The molecule has 1 unspecified atom stereocenters. The molecule has 1 saturated heterocycles. The second kappa shape index (κ2) is 6.26. The van der Waals surface area contributed by atoms with Crippen molar-refractivity contribution in [3.8, 4) is 0 Å². The lowest BCUT2D eigenvalue weighted by molar-refractivity contribution is 0.0495. The summed E-state index contributed by atoms with van der Waals surface area (Å²) in [4.78, 5) is 0.126. The minimum Gasteiger partial charge on any atom is -0.462 e. The summed E-state index contributed by atoms with van der Waals surface area (Å²) in [6.45, 7) is 3.07. The van der Waals surface area contributed by atoms with Crippen LogP contribution in [0.4, 0.5) is 0 Å². The Balaban J connectivity index is 2.13. The van der Waals surface area contributed by atoms with Crippen LogP contribution in [-0.4, -0.2) is 44.6 Å². The summed E-state index contributed by atoms with van der Waals surface area (Å²) in [5.74, 6) is 0.796. The third-order valence-corrected chi connectivity index (χ3v) is 5.47. The average Bonchev–Trinajstić information content (AvgIpc) is 2.82. The monoisotopic (exact) mass is 303 g/mol. The molecule has 1 fully saturated rings. The molecule has 20 heavy (non-hydrogen) atoms. The van der Waals surface area contributed by atoms with Crippen molar-refractivity contribution in [1.82, 2.24) is 4.31 Å².